The third-order valence-corrected chi connectivity index (χ3v) is 3.78. The van der Waals surface area contributed by atoms with Crippen molar-refractivity contribution in [2.45, 2.75) is 70.6 Å². The predicted molar refractivity (Wildman–Crippen MR) is 73.6 cm³/mol. The monoisotopic (exact) mass is 267 g/mol. The van der Waals surface area contributed by atoms with Crippen LogP contribution in [-0.4, -0.2) is 47.4 Å². The van der Waals surface area contributed by atoms with Crippen molar-refractivity contribution in [2.75, 3.05) is 6.54 Å². The van der Waals surface area contributed by atoms with Gasteiger partial charge in [-0.25, -0.2) is 0 Å². The van der Waals surface area contributed by atoms with Gasteiger partial charge >= 0.3 is 0 Å². The molecular formula is C14H25N3O2. The summed E-state index contributed by atoms with van der Waals surface area (Å²) in [5.41, 5.74) is 0. The Hall–Kier alpha value is -1.10. The molecule has 1 heterocycles. The van der Waals surface area contributed by atoms with Crippen LogP contribution in [0, 0.1) is 0 Å². The van der Waals surface area contributed by atoms with E-state index in [9.17, 15) is 9.59 Å². The molecule has 2 atom stereocenters. The van der Waals surface area contributed by atoms with Crippen molar-refractivity contribution in [1.82, 2.24) is 15.5 Å². The molecule has 19 heavy (non-hydrogen) atoms. The van der Waals surface area contributed by atoms with Gasteiger partial charge in [-0.1, -0.05) is 13.8 Å². The van der Waals surface area contributed by atoms with Crippen molar-refractivity contribution in [3.05, 3.63) is 0 Å². The largest absolute Gasteiger partial charge is 0.352 e. The Labute approximate surface area is 115 Å². The van der Waals surface area contributed by atoms with Gasteiger partial charge in [0.25, 0.3) is 0 Å². The van der Waals surface area contributed by atoms with Crippen LogP contribution in [0.15, 0.2) is 0 Å². The summed E-state index contributed by atoms with van der Waals surface area (Å²) < 4.78 is 0. The van der Waals surface area contributed by atoms with Crippen LogP contribution < -0.4 is 10.6 Å². The van der Waals surface area contributed by atoms with Gasteiger partial charge in [-0.15, -0.1) is 0 Å². The molecule has 1 aliphatic heterocycles. The molecule has 0 bridgehead atoms. The molecule has 2 aliphatic rings. The minimum absolute atomic E-state index is 0.0129. The molecule has 2 unspecified atom stereocenters. The van der Waals surface area contributed by atoms with E-state index in [2.05, 4.69) is 10.6 Å². The third-order valence-electron chi connectivity index (χ3n) is 3.78. The number of carbonyl (C=O) groups is 2. The second-order valence-electron chi connectivity index (χ2n) is 6.01. The van der Waals surface area contributed by atoms with Gasteiger partial charge in [0.2, 0.25) is 11.8 Å². The summed E-state index contributed by atoms with van der Waals surface area (Å²) in [7, 11) is 0. The van der Waals surface area contributed by atoms with E-state index in [0.29, 0.717) is 12.6 Å². The van der Waals surface area contributed by atoms with E-state index < -0.39 is 0 Å². The van der Waals surface area contributed by atoms with Crippen LogP contribution in [0.4, 0.5) is 0 Å². The molecule has 1 saturated heterocycles. The Balaban J connectivity index is 1.93. The van der Waals surface area contributed by atoms with Crippen LogP contribution in [-0.2, 0) is 9.59 Å². The molecule has 2 N–H and O–H groups in total. The van der Waals surface area contributed by atoms with Crippen LogP contribution in [0.5, 0.6) is 0 Å². The average molecular weight is 267 g/mol. The lowest BCUT2D eigenvalue weighted by molar-refractivity contribution is -0.144. The van der Waals surface area contributed by atoms with E-state index in [1.165, 1.54) is 0 Å². The number of amides is 2. The van der Waals surface area contributed by atoms with Crippen LogP contribution in [0.3, 0.4) is 0 Å². The Morgan fingerprint density at radius 3 is 2.53 bits per heavy atom. The lowest BCUT2D eigenvalue weighted by atomic mass is 10.0. The molecule has 1 aliphatic carbocycles. The highest BCUT2D eigenvalue weighted by atomic mass is 16.2. The first kappa shape index (κ1) is 14.3. The average Bonchev–Trinajstić information content (AvgIpc) is 3.14. The maximum absolute atomic E-state index is 12.4. The highest BCUT2D eigenvalue weighted by molar-refractivity contribution is 5.90. The number of carbonyl (C=O) groups excluding carboxylic acids is 2. The van der Waals surface area contributed by atoms with Crippen molar-refractivity contribution < 1.29 is 9.59 Å². The quantitative estimate of drug-likeness (QED) is 0.768. The molecule has 0 aromatic rings. The Morgan fingerprint density at radius 1 is 1.26 bits per heavy atom. The summed E-state index contributed by atoms with van der Waals surface area (Å²) in [5, 5.41) is 6.26. The van der Waals surface area contributed by atoms with Gasteiger partial charge in [0.1, 0.15) is 6.04 Å². The SMILES string of the molecule is CC(C)NC1CCCN(C(C)C(=O)NC2CC2)C1=O. The van der Waals surface area contributed by atoms with Crippen LogP contribution in [0.2, 0.25) is 0 Å². The fraction of sp³-hybridized carbons (Fsp3) is 0.857. The first-order valence-electron chi connectivity index (χ1n) is 7.36. The summed E-state index contributed by atoms with van der Waals surface area (Å²) >= 11 is 0. The first-order valence-corrected chi connectivity index (χ1v) is 7.36. The number of nitrogens with one attached hydrogen (secondary N) is 2. The van der Waals surface area contributed by atoms with E-state index in [1.807, 2.05) is 20.8 Å². The molecule has 0 spiro atoms. The zero-order valence-corrected chi connectivity index (χ0v) is 12.1. The van der Waals surface area contributed by atoms with Crippen molar-refractivity contribution >= 4 is 11.8 Å². The van der Waals surface area contributed by atoms with Gasteiger partial charge in [-0.05, 0) is 32.6 Å². The van der Waals surface area contributed by atoms with E-state index in [1.54, 1.807) is 4.90 Å². The van der Waals surface area contributed by atoms with E-state index in [4.69, 9.17) is 0 Å². The number of nitrogens with zero attached hydrogens (tertiary/aromatic N) is 1. The first-order chi connectivity index (χ1) is 8.99. The molecule has 2 amide bonds. The number of piperidine rings is 1. The third kappa shape index (κ3) is 3.69. The maximum Gasteiger partial charge on any atom is 0.242 e. The number of likely N-dealkylation sites (tertiary alicyclic amines) is 1. The lowest BCUT2D eigenvalue weighted by Crippen LogP contribution is -2.58. The second-order valence-corrected chi connectivity index (χ2v) is 6.01. The summed E-state index contributed by atoms with van der Waals surface area (Å²) in [6.45, 7) is 6.59. The second kappa shape index (κ2) is 5.90. The smallest absolute Gasteiger partial charge is 0.242 e. The number of rotatable bonds is 5. The van der Waals surface area contributed by atoms with Crippen LogP contribution in [0.1, 0.15) is 46.5 Å². The molecule has 1 saturated carbocycles. The summed E-state index contributed by atoms with van der Waals surface area (Å²) in [5.74, 6) is 0.0550. The van der Waals surface area contributed by atoms with Crippen LogP contribution >= 0.6 is 0 Å². The molecule has 5 nitrogen and oxygen atoms in total. The Bertz CT molecular complexity index is 353. The molecule has 0 aromatic carbocycles. The van der Waals surface area contributed by atoms with Gasteiger partial charge in [-0.3, -0.25) is 9.59 Å². The van der Waals surface area contributed by atoms with Gasteiger partial charge in [0.15, 0.2) is 0 Å². The Kier molecular flexibility index (Phi) is 4.45. The van der Waals surface area contributed by atoms with Gasteiger partial charge < -0.3 is 15.5 Å². The molecule has 108 valence electrons. The molecule has 0 radical (unpaired) electrons. The molecule has 2 rings (SSSR count). The van der Waals surface area contributed by atoms with Gasteiger partial charge in [0, 0.05) is 18.6 Å². The molecule has 0 aromatic heterocycles. The normalized spacial score (nSPS) is 25.6. The van der Waals surface area contributed by atoms with Crippen molar-refractivity contribution in [2.24, 2.45) is 0 Å². The van der Waals surface area contributed by atoms with Gasteiger partial charge in [-0.2, -0.15) is 0 Å². The van der Waals surface area contributed by atoms with Gasteiger partial charge in [0.05, 0.1) is 6.04 Å². The van der Waals surface area contributed by atoms with E-state index >= 15 is 0 Å². The summed E-state index contributed by atoms with van der Waals surface area (Å²) in [6, 6.07) is 0.138. The topological polar surface area (TPSA) is 61.4 Å². The molecule has 5 heteroatoms. The fourth-order valence-electron chi connectivity index (χ4n) is 2.53. The lowest BCUT2D eigenvalue weighted by Gasteiger charge is -2.36. The number of hydrogen-bond donors (Lipinski definition) is 2. The maximum atomic E-state index is 12.4. The minimum Gasteiger partial charge on any atom is -0.352 e. The fourth-order valence-corrected chi connectivity index (χ4v) is 2.53. The molecule has 2 fully saturated rings. The zero-order valence-electron chi connectivity index (χ0n) is 12.1. The minimum atomic E-state index is -0.357. The molecular weight excluding hydrogens is 242 g/mol. The van der Waals surface area contributed by atoms with Crippen molar-refractivity contribution in [1.29, 1.82) is 0 Å². The van der Waals surface area contributed by atoms with E-state index in [-0.39, 0.29) is 29.9 Å². The standard InChI is InChI=1S/C14H25N3O2/c1-9(2)15-12-5-4-8-17(14(12)19)10(3)13(18)16-11-6-7-11/h9-12,15H,4-8H2,1-3H3,(H,16,18). The summed E-state index contributed by atoms with van der Waals surface area (Å²) in [6.07, 6.45) is 3.97. The zero-order chi connectivity index (χ0) is 14.0. The summed E-state index contributed by atoms with van der Waals surface area (Å²) in [4.78, 5) is 26.2. The Morgan fingerprint density at radius 2 is 1.95 bits per heavy atom. The highest BCUT2D eigenvalue weighted by Gasteiger charge is 2.35. The van der Waals surface area contributed by atoms with E-state index in [0.717, 1.165) is 25.7 Å². The van der Waals surface area contributed by atoms with Crippen molar-refractivity contribution in [3.63, 3.8) is 0 Å². The van der Waals surface area contributed by atoms with Crippen LogP contribution in [0.25, 0.3) is 0 Å². The predicted octanol–water partition coefficient (Wildman–Crippen LogP) is 0.643. The number of hydrogen-bond acceptors (Lipinski definition) is 3. The van der Waals surface area contributed by atoms with Crippen molar-refractivity contribution in [3.8, 4) is 0 Å². The highest BCUT2D eigenvalue weighted by Crippen LogP contribution is 2.20.